The highest BCUT2D eigenvalue weighted by atomic mass is 16.5. The molecule has 0 aromatic heterocycles. The molecule has 3 rings (SSSR count). The molecule has 0 bridgehead atoms. The maximum atomic E-state index is 12.7. The molecule has 0 amide bonds. The zero-order valence-corrected chi connectivity index (χ0v) is 31.4. The van der Waals surface area contributed by atoms with Crippen LogP contribution in [0, 0.1) is 29.1 Å². The van der Waals surface area contributed by atoms with Crippen LogP contribution in [0.1, 0.15) is 169 Å². The van der Waals surface area contributed by atoms with Gasteiger partial charge < -0.3 is 4.74 Å². The number of esters is 1. The number of rotatable bonds is 20. The summed E-state index contributed by atoms with van der Waals surface area (Å²) in [5, 5.41) is 0. The SMILES string of the molecule is C=C1CC[C@H](OC(=O)CCCCCCCC=CCC=CCC=CCC)CC1=CC=C1CCC[C@@]2(C)C1CC[C@@H]2[C@H](C)CCCC(C)C. The van der Waals surface area contributed by atoms with Crippen LogP contribution in [0.3, 0.4) is 0 Å². The van der Waals surface area contributed by atoms with Crippen molar-refractivity contribution in [2.75, 3.05) is 0 Å². The molecule has 264 valence electrons. The number of carbonyl (C=O) groups is 1. The minimum atomic E-state index is -0.0102. The largest absolute Gasteiger partial charge is 0.462 e. The first kappa shape index (κ1) is 39.3. The van der Waals surface area contributed by atoms with Crippen molar-refractivity contribution in [3.05, 3.63) is 71.9 Å². The van der Waals surface area contributed by atoms with Crippen LogP contribution in [0.2, 0.25) is 0 Å². The third-order valence-corrected chi connectivity index (χ3v) is 11.7. The summed E-state index contributed by atoms with van der Waals surface area (Å²) in [6.07, 6.45) is 42.5. The van der Waals surface area contributed by atoms with Gasteiger partial charge in [-0.3, -0.25) is 4.79 Å². The number of hydrogen-bond donors (Lipinski definition) is 0. The van der Waals surface area contributed by atoms with E-state index < -0.39 is 0 Å². The predicted octanol–water partition coefficient (Wildman–Crippen LogP) is 13.8. The highest BCUT2D eigenvalue weighted by Crippen LogP contribution is 2.60. The van der Waals surface area contributed by atoms with Gasteiger partial charge in [0.2, 0.25) is 0 Å². The van der Waals surface area contributed by atoms with E-state index in [0.29, 0.717) is 11.8 Å². The molecule has 47 heavy (non-hydrogen) atoms. The van der Waals surface area contributed by atoms with Crippen molar-refractivity contribution < 1.29 is 9.53 Å². The van der Waals surface area contributed by atoms with Crippen molar-refractivity contribution >= 4 is 5.97 Å². The summed E-state index contributed by atoms with van der Waals surface area (Å²) < 4.78 is 5.99. The van der Waals surface area contributed by atoms with E-state index in [0.717, 1.165) is 81.5 Å². The van der Waals surface area contributed by atoms with Crippen molar-refractivity contribution in [2.45, 2.75) is 176 Å². The van der Waals surface area contributed by atoms with Crippen LogP contribution < -0.4 is 0 Å². The molecule has 0 radical (unpaired) electrons. The van der Waals surface area contributed by atoms with E-state index in [9.17, 15) is 4.79 Å². The standard InChI is InChI=1S/C45H72O2/c1-7-8-9-10-11-12-13-14-15-16-17-18-19-20-21-27-44(46)47-41-31-28-37(4)40(35-41)30-29-39-26-23-34-45(6)42(32-33-43(39)45)38(5)25-22-24-36(2)3/h8-9,11-12,14-15,29-30,36,38,41-43H,4,7,10,13,16-28,31-35H2,1-3,5-6H3/t38-,41+,42-,43?,45-/m1/s1. The second-order valence-corrected chi connectivity index (χ2v) is 15.9. The van der Waals surface area contributed by atoms with E-state index in [1.165, 1.54) is 81.8 Å². The van der Waals surface area contributed by atoms with Crippen molar-refractivity contribution in [2.24, 2.45) is 29.1 Å². The van der Waals surface area contributed by atoms with Crippen LogP contribution in [0.25, 0.3) is 0 Å². The summed E-state index contributed by atoms with van der Waals surface area (Å²) in [6, 6.07) is 0. The lowest BCUT2D eigenvalue weighted by Crippen LogP contribution is -2.36. The molecule has 5 atom stereocenters. The van der Waals surface area contributed by atoms with Crippen LogP contribution in [0.15, 0.2) is 71.9 Å². The molecule has 0 heterocycles. The minimum Gasteiger partial charge on any atom is -0.462 e. The molecule has 2 nitrogen and oxygen atoms in total. The van der Waals surface area contributed by atoms with Crippen molar-refractivity contribution in [3.8, 4) is 0 Å². The Balaban J connectivity index is 1.36. The maximum Gasteiger partial charge on any atom is 0.306 e. The molecule has 0 aromatic carbocycles. The van der Waals surface area contributed by atoms with Gasteiger partial charge in [0.1, 0.15) is 6.10 Å². The highest BCUT2D eigenvalue weighted by Gasteiger charge is 2.50. The van der Waals surface area contributed by atoms with Crippen LogP contribution >= 0.6 is 0 Å². The van der Waals surface area contributed by atoms with E-state index in [-0.39, 0.29) is 12.1 Å². The van der Waals surface area contributed by atoms with Crippen LogP contribution in [-0.4, -0.2) is 12.1 Å². The summed E-state index contributed by atoms with van der Waals surface area (Å²) in [7, 11) is 0. The number of unbranched alkanes of at least 4 members (excludes halogenated alkanes) is 5. The number of ether oxygens (including phenoxy) is 1. The number of carbonyl (C=O) groups excluding carboxylic acids is 1. The molecule has 0 N–H and O–H groups in total. The Kier molecular flexibility index (Phi) is 18.2. The van der Waals surface area contributed by atoms with Gasteiger partial charge in [0, 0.05) is 12.8 Å². The Bertz CT molecular complexity index is 1080. The van der Waals surface area contributed by atoms with E-state index in [1.807, 2.05) is 0 Å². The smallest absolute Gasteiger partial charge is 0.306 e. The molecule has 3 aliphatic carbocycles. The average molecular weight is 645 g/mol. The van der Waals surface area contributed by atoms with Gasteiger partial charge in [0.15, 0.2) is 0 Å². The molecule has 3 saturated carbocycles. The average Bonchev–Trinajstić information content (AvgIpc) is 3.40. The monoisotopic (exact) mass is 645 g/mol. The maximum absolute atomic E-state index is 12.7. The Morgan fingerprint density at radius 2 is 1.60 bits per heavy atom. The van der Waals surface area contributed by atoms with E-state index in [2.05, 4.69) is 89.8 Å². The quantitative estimate of drug-likeness (QED) is 0.0749. The lowest BCUT2D eigenvalue weighted by Gasteiger charge is -2.44. The van der Waals surface area contributed by atoms with Crippen LogP contribution in [0.4, 0.5) is 0 Å². The third kappa shape index (κ3) is 13.7. The third-order valence-electron chi connectivity index (χ3n) is 11.7. The summed E-state index contributed by atoms with van der Waals surface area (Å²) in [4.78, 5) is 12.7. The van der Waals surface area contributed by atoms with Crippen LogP contribution in [-0.2, 0) is 9.53 Å². The summed E-state index contributed by atoms with van der Waals surface area (Å²) in [6.45, 7) is 16.5. The van der Waals surface area contributed by atoms with E-state index in [1.54, 1.807) is 5.57 Å². The lowest BCUT2D eigenvalue weighted by atomic mass is 9.60. The van der Waals surface area contributed by atoms with Gasteiger partial charge in [-0.2, -0.15) is 0 Å². The highest BCUT2D eigenvalue weighted by molar-refractivity contribution is 5.69. The van der Waals surface area contributed by atoms with E-state index >= 15 is 0 Å². The molecule has 3 aliphatic rings. The molecule has 0 aromatic rings. The second kappa shape index (κ2) is 21.8. The number of hydrogen-bond acceptors (Lipinski definition) is 2. The number of allylic oxidation sites excluding steroid dienone is 10. The van der Waals surface area contributed by atoms with Crippen LogP contribution in [0.5, 0.6) is 0 Å². The zero-order valence-electron chi connectivity index (χ0n) is 31.4. The minimum absolute atomic E-state index is 0.00580. The molecular weight excluding hydrogens is 572 g/mol. The van der Waals surface area contributed by atoms with Gasteiger partial charge in [-0.25, -0.2) is 0 Å². The first-order valence-electron chi connectivity index (χ1n) is 20.0. The van der Waals surface area contributed by atoms with Gasteiger partial charge in [-0.1, -0.05) is 139 Å². The molecule has 0 aliphatic heterocycles. The molecule has 0 spiro atoms. The summed E-state index contributed by atoms with van der Waals surface area (Å²) in [5.41, 5.74) is 4.68. The molecule has 1 unspecified atom stereocenters. The first-order valence-corrected chi connectivity index (χ1v) is 20.0. The topological polar surface area (TPSA) is 26.3 Å². The molecule has 3 fully saturated rings. The number of fused-ring (bicyclic) bond motifs is 1. The Hall–Kier alpha value is -2.09. The lowest BCUT2D eigenvalue weighted by molar-refractivity contribution is -0.149. The van der Waals surface area contributed by atoms with Gasteiger partial charge in [-0.05, 0) is 118 Å². The van der Waals surface area contributed by atoms with Gasteiger partial charge in [-0.15, -0.1) is 0 Å². The Morgan fingerprint density at radius 1 is 0.872 bits per heavy atom. The summed E-state index contributed by atoms with van der Waals surface area (Å²) >= 11 is 0. The fourth-order valence-corrected chi connectivity index (χ4v) is 8.88. The van der Waals surface area contributed by atoms with Gasteiger partial charge in [0.05, 0.1) is 0 Å². The predicted molar refractivity (Wildman–Crippen MR) is 204 cm³/mol. The first-order chi connectivity index (χ1) is 22.7. The normalized spacial score (nSPS) is 27.6. The van der Waals surface area contributed by atoms with E-state index in [4.69, 9.17) is 4.74 Å². The van der Waals surface area contributed by atoms with Crippen molar-refractivity contribution in [3.63, 3.8) is 0 Å². The Morgan fingerprint density at radius 3 is 2.36 bits per heavy atom. The molecule has 2 heteroatoms. The fraction of sp³-hybridized carbons (Fsp3) is 0.711. The zero-order chi connectivity index (χ0) is 33.9. The molecule has 0 saturated heterocycles. The Labute approximate surface area is 291 Å². The van der Waals surface area contributed by atoms with Crippen molar-refractivity contribution in [1.29, 1.82) is 0 Å². The second-order valence-electron chi connectivity index (χ2n) is 15.9. The summed E-state index contributed by atoms with van der Waals surface area (Å²) in [5.74, 6) is 3.24. The fourth-order valence-electron chi connectivity index (χ4n) is 8.88. The van der Waals surface area contributed by atoms with Crippen molar-refractivity contribution in [1.82, 2.24) is 0 Å². The van der Waals surface area contributed by atoms with Gasteiger partial charge in [0.25, 0.3) is 0 Å². The van der Waals surface area contributed by atoms with Gasteiger partial charge >= 0.3 is 5.97 Å². The molecular formula is C45H72O2.